The zero-order valence-corrected chi connectivity index (χ0v) is 29.3. The molecule has 0 aliphatic heterocycles. The molecule has 0 radical (unpaired) electrons. The molecule has 0 amide bonds. The maximum Gasteiger partial charge on any atom is 0.0715 e. The standard InChI is InChI=1S/C48H41N3/c1-4-45(49)26-33(2)42-31-47(38-22-18-36(19-23-38)41-17-11-16-40(27-41)34-12-7-5-8-13-34)51-48(32-42)39-24-20-37(21-25-39)44-28-43(29-46(30-44)50-3)35-14-9-6-10-15-35/h4-32,50H,49H2,1-3H3/b33-26+,45-4+. The van der Waals surface area contributed by atoms with Gasteiger partial charge in [0.2, 0.25) is 0 Å². The first kappa shape index (κ1) is 33.1. The van der Waals surface area contributed by atoms with Crippen LogP contribution in [0.5, 0.6) is 0 Å². The lowest BCUT2D eigenvalue weighted by molar-refractivity contribution is 1.30. The lowest BCUT2D eigenvalue weighted by atomic mass is 9.95. The number of anilines is 1. The number of pyridine rings is 1. The molecule has 0 saturated carbocycles. The number of nitrogens with zero attached hydrogens (tertiary/aromatic N) is 1. The predicted octanol–water partition coefficient (Wildman–Crippen LogP) is 12.4. The summed E-state index contributed by atoms with van der Waals surface area (Å²) in [6, 6.07) is 58.1. The van der Waals surface area contributed by atoms with Crippen molar-refractivity contribution in [3.63, 3.8) is 0 Å². The molecular formula is C48H41N3. The summed E-state index contributed by atoms with van der Waals surface area (Å²) in [5, 5.41) is 3.33. The maximum absolute atomic E-state index is 6.23. The molecule has 3 heteroatoms. The Morgan fingerprint density at radius 1 is 0.490 bits per heavy atom. The van der Waals surface area contributed by atoms with Crippen LogP contribution in [0, 0.1) is 0 Å². The smallest absolute Gasteiger partial charge is 0.0715 e. The van der Waals surface area contributed by atoms with E-state index in [0.717, 1.165) is 61.7 Å². The molecule has 51 heavy (non-hydrogen) atoms. The molecule has 6 aromatic carbocycles. The van der Waals surface area contributed by atoms with E-state index in [1.165, 1.54) is 27.8 Å². The van der Waals surface area contributed by atoms with E-state index in [4.69, 9.17) is 10.7 Å². The molecule has 3 N–H and O–H groups in total. The van der Waals surface area contributed by atoms with Crippen LogP contribution in [0.1, 0.15) is 19.4 Å². The highest BCUT2D eigenvalue weighted by Crippen LogP contribution is 2.34. The number of aromatic nitrogens is 1. The Morgan fingerprint density at radius 2 is 0.902 bits per heavy atom. The topological polar surface area (TPSA) is 50.9 Å². The third-order valence-electron chi connectivity index (χ3n) is 9.32. The number of allylic oxidation sites excluding steroid dienone is 3. The molecule has 248 valence electrons. The van der Waals surface area contributed by atoms with Gasteiger partial charge in [-0.1, -0.05) is 133 Å². The van der Waals surface area contributed by atoms with E-state index in [1.807, 2.05) is 38.3 Å². The fraction of sp³-hybridized carbons (Fsp3) is 0.0625. The van der Waals surface area contributed by atoms with Gasteiger partial charge in [-0.2, -0.15) is 0 Å². The third-order valence-corrected chi connectivity index (χ3v) is 9.32. The maximum atomic E-state index is 6.23. The van der Waals surface area contributed by atoms with Crippen LogP contribution in [-0.2, 0) is 0 Å². The number of hydrogen-bond donors (Lipinski definition) is 2. The molecule has 7 rings (SSSR count). The lowest BCUT2D eigenvalue weighted by Gasteiger charge is -2.13. The summed E-state index contributed by atoms with van der Waals surface area (Å²) in [4.78, 5) is 5.21. The average Bonchev–Trinajstić information content (AvgIpc) is 3.21. The van der Waals surface area contributed by atoms with Crippen LogP contribution >= 0.6 is 0 Å². The summed E-state index contributed by atoms with van der Waals surface area (Å²) in [5.74, 6) is 0. The van der Waals surface area contributed by atoms with E-state index < -0.39 is 0 Å². The monoisotopic (exact) mass is 659 g/mol. The summed E-state index contributed by atoms with van der Waals surface area (Å²) >= 11 is 0. The molecular weight excluding hydrogens is 619 g/mol. The second-order valence-electron chi connectivity index (χ2n) is 12.8. The quantitative estimate of drug-likeness (QED) is 0.152. The summed E-state index contributed by atoms with van der Waals surface area (Å²) in [6.07, 6.45) is 3.94. The Balaban J connectivity index is 1.24. The number of nitrogens with one attached hydrogen (secondary N) is 1. The van der Waals surface area contributed by atoms with Crippen LogP contribution < -0.4 is 11.1 Å². The van der Waals surface area contributed by atoms with Crippen molar-refractivity contribution < 1.29 is 0 Å². The minimum absolute atomic E-state index is 0.734. The molecule has 0 atom stereocenters. The van der Waals surface area contributed by atoms with E-state index in [1.54, 1.807) is 0 Å². The van der Waals surface area contributed by atoms with E-state index in [-0.39, 0.29) is 0 Å². The van der Waals surface area contributed by atoms with Crippen LogP contribution in [0.15, 0.2) is 182 Å². The normalized spacial score (nSPS) is 11.7. The van der Waals surface area contributed by atoms with Crippen molar-refractivity contribution in [3.05, 3.63) is 187 Å². The van der Waals surface area contributed by atoms with Crippen LogP contribution in [0.2, 0.25) is 0 Å². The number of hydrogen-bond acceptors (Lipinski definition) is 3. The molecule has 7 aromatic rings. The van der Waals surface area contributed by atoms with Crippen molar-refractivity contribution in [2.24, 2.45) is 5.73 Å². The molecule has 0 aliphatic carbocycles. The van der Waals surface area contributed by atoms with E-state index in [9.17, 15) is 0 Å². The molecule has 3 nitrogen and oxygen atoms in total. The molecule has 0 unspecified atom stereocenters. The van der Waals surface area contributed by atoms with Crippen molar-refractivity contribution in [2.45, 2.75) is 13.8 Å². The zero-order chi connectivity index (χ0) is 35.2. The third kappa shape index (κ3) is 7.59. The van der Waals surface area contributed by atoms with Gasteiger partial charge in [0.05, 0.1) is 11.4 Å². The second kappa shape index (κ2) is 15.0. The van der Waals surface area contributed by atoms with Crippen LogP contribution in [0.3, 0.4) is 0 Å². The van der Waals surface area contributed by atoms with Crippen LogP contribution in [-0.4, -0.2) is 12.0 Å². The predicted molar refractivity (Wildman–Crippen MR) is 218 cm³/mol. The SMILES string of the molecule is C/C=C(N)\C=C(/C)c1cc(-c2ccc(-c3cccc(-c4ccccc4)c3)cc2)nc(-c2ccc(-c3cc(NC)cc(-c4ccccc4)c3)cc2)c1. The highest BCUT2D eigenvalue weighted by atomic mass is 14.8. The highest BCUT2D eigenvalue weighted by Gasteiger charge is 2.12. The fourth-order valence-corrected chi connectivity index (χ4v) is 6.38. The van der Waals surface area contributed by atoms with Crippen LogP contribution in [0.25, 0.3) is 72.6 Å². The van der Waals surface area contributed by atoms with E-state index in [2.05, 4.69) is 164 Å². The summed E-state index contributed by atoms with van der Waals surface area (Å²) in [6.45, 7) is 4.06. The van der Waals surface area contributed by atoms with Gasteiger partial charge in [-0.05, 0) is 112 Å². The minimum Gasteiger partial charge on any atom is -0.399 e. The van der Waals surface area contributed by atoms with Crippen molar-refractivity contribution >= 4 is 11.3 Å². The Morgan fingerprint density at radius 3 is 1.39 bits per heavy atom. The fourth-order valence-electron chi connectivity index (χ4n) is 6.38. The van der Waals surface area contributed by atoms with Gasteiger partial charge in [-0.25, -0.2) is 4.98 Å². The summed E-state index contributed by atoms with van der Waals surface area (Å²) in [5.41, 5.74) is 23.6. The number of nitrogens with two attached hydrogens (primary N) is 1. The van der Waals surface area contributed by atoms with Crippen molar-refractivity contribution in [2.75, 3.05) is 12.4 Å². The average molecular weight is 660 g/mol. The van der Waals surface area contributed by atoms with Gasteiger partial charge in [0.15, 0.2) is 0 Å². The lowest BCUT2D eigenvalue weighted by Crippen LogP contribution is -1.96. The van der Waals surface area contributed by atoms with Gasteiger partial charge in [-0.3, -0.25) is 0 Å². The van der Waals surface area contributed by atoms with E-state index >= 15 is 0 Å². The largest absolute Gasteiger partial charge is 0.399 e. The number of benzene rings is 6. The Labute approximate surface area is 301 Å². The minimum atomic E-state index is 0.734. The number of rotatable bonds is 9. The first-order valence-corrected chi connectivity index (χ1v) is 17.4. The second-order valence-corrected chi connectivity index (χ2v) is 12.8. The molecule has 0 saturated heterocycles. The van der Waals surface area contributed by atoms with E-state index in [0.29, 0.717) is 0 Å². The van der Waals surface area contributed by atoms with Gasteiger partial charge in [0.25, 0.3) is 0 Å². The summed E-state index contributed by atoms with van der Waals surface area (Å²) in [7, 11) is 1.96. The first-order valence-electron chi connectivity index (χ1n) is 17.4. The highest BCUT2D eigenvalue weighted by molar-refractivity contribution is 5.81. The van der Waals surface area contributed by atoms with Crippen molar-refractivity contribution in [1.82, 2.24) is 4.98 Å². The molecule has 0 bridgehead atoms. The molecule has 1 heterocycles. The molecule has 0 spiro atoms. The van der Waals surface area contributed by atoms with Gasteiger partial charge < -0.3 is 11.1 Å². The summed E-state index contributed by atoms with van der Waals surface area (Å²) < 4.78 is 0. The Bertz CT molecular complexity index is 2330. The molecule has 0 aliphatic rings. The molecule has 1 aromatic heterocycles. The van der Waals surface area contributed by atoms with Crippen molar-refractivity contribution in [1.29, 1.82) is 0 Å². The Hall–Kier alpha value is -6.45. The Kier molecular flexibility index (Phi) is 9.71. The van der Waals surface area contributed by atoms with Gasteiger partial charge in [0, 0.05) is 29.6 Å². The van der Waals surface area contributed by atoms with Gasteiger partial charge in [0.1, 0.15) is 0 Å². The van der Waals surface area contributed by atoms with Gasteiger partial charge >= 0.3 is 0 Å². The molecule has 0 fully saturated rings. The van der Waals surface area contributed by atoms with Crippen LogP contribution in [0.4, 0.5) is 5.69 Å². The van der Waals surface area contributed by atoms with Gasteiger partial charge in [-0.15, -0.1) is 0 Å². The zero-order valence-electron chi connectivity index (χ0n) is 29.3. The first-order chi connectivity index (χ1) is 25.0. The van der Waals surface area contributed by atoms with Crippen molar-refractivity contribution in [3.8, 4) is 67.0 Å².